The van der Waals surface area contributed by atoms with Gasteiger partial charge in [-0.05, 0) is 30.4 Å². The minimum absolute atomic E-state index is 0.0493. The summed E-state index contributed by atoms with van der Waals surface area (Å²) in [7, 11) is -2.32. The van der Waals surface area contributed by atoms with Gasteiger partial charge in [-0.15, -0.1) is 0 Å². The fraction of sp³-hybridized carbons (Fsp3) is 0.176. The number of sulfonamides is 1. The molecule has 2 aromatic rings. The van der Waals surface area contributed by atoms with E-state index in [2.05, 4.69) is 9.97 Å². The largest absolute Gasteiger partial charge is 0.493 e. The van der Waals surface area contributed by atoms with Crippen molar-refractivity contribution in [1.29, 1.82) is 5.26 Å². The first kappa shape index (κ1) is 21.9. The van der Waals surface area contributed by atoms with Crippen molar-refractivity contribution >= 4 is 40.3 Å². The summed E-state index contributed by atoms with van der Waals surface area (Å²) in [6, 6.07) is 6.67. The number of para-hydroxylation sites is 1. The number of ether oxygens (including phenoxy) is 2. The summed E-state index contributed by atoms with van der Waals surface area (Å²) in [6.45, 7) is -0.578. The van der Waals surface area contributed by atoms with Gasteiger partial charge in [0.1, 0.15) is 11.6 Å². The Morgan fingerprint density at radius 1 is 1.34 bits per heavy atom. The Kier molecular flexibility index (Phi) is 6.92. The second-order valence-corrected chi connectivity index (χ2v) is 7.76. The molecule has 0 saturated carbocycles. The van der Waals surface area contributed by atoms with Gasteiger partial charge in [-0.25, -0.2) is 8.42 Å². The molecule has 0 radical (unpaired) electrons. The van der Waals surface area contributed by atoms with Crippen LogP contribution in [-0.2, 0) is 14.8 Å². The van der Waals surface area contributed by atoms with Crippen LogP contribution in [0.5, 0.6) is 11.5 Å². The molecule has 0 aliphatic heterocycles. The summed E-state index contributed by atoms with van der Waals surface area (Å²) < 4.78 is 34.8. The molecule has 0 aliphatic carbocycles. The van der Waals surface area contributed by atoms with Crippen LogP contribution >= 0.6 is 12.2 Å². The molecule has 1 heterocycles. The number of rotatable bonds is 7. The molecule has 0 unspecified atom stereocenters. The van der Waals surface area contributed by atoms with Crippen molar-refractivity contribution in [2.24, 2.45) is 0 Å². The molecule has 0 fully saturated rings. The van der Waals surface area contributed by atoms with Gasteiger partial charge in [0.15, 0.2) is 22.9 Å². The topological polar surface area (TPSA) is 154 Å². The minimum Gasteiger partial charge on any atom is -0.493 e. The number of aromatic nitrogens is 2. The normalized spacial score (nSPS) is 11.1. The number of carbonyl (C=O) groups is 1. The predicted octanol–water partition coefficient (Wildman–Crippen LogP) is 0.938. The molecule has 0 spiro atoms. The maximum absolute atomic E-state index is 11.8. The molecular weight excluding hydrogens is 420 g/mol. The summed E-state index contributed by atoms with van der Waals surface area (Å²) in [6.07, 6.45) is 3.81. The number of amides is 1. The third-order valence-electron chi connectivity index (χ3n) is 3.39. The lowest BCUT2D eigenvalue weighted by molar-refractivity contribution is -0.121. The number of nitrogens with zero attached hydrogens (tertiary/aromatic N) is 1. The van der Waals surface area contributed by atoms with Crippen LogP contribution in [0.4, 0.5) is 0 Å². The lowest BCUT2D eigenvalue weighted by atomic mass is 10.1. The van der Waals surface area contributed by atoms with Gasteiger partial charge in [0.05, 0.1) is 19.1 Å². The van der Waals surface area contributed by atoms with Crippen molar-refractivity contribution in [1.82, 2.24) is 14.7 Å². The summed E-state index contributed by atoms with van der Waals surface area (Å²) >= 11 is 4.91. The maximum atomic E-state index is 11.8. The molecule has 0 bridgehead atoms. The van der Waals surface area contributed by atoms with Crippen LogP contribution in [0.25, 0.3) is 12.2 Å². The molecule has 152 valence electrons. The van der Waals surface area contributed by atoms with Crippen LogP contribution in [0, 0.1) is 16.1 Å². The minimum atomic E-state index is -3.72. The van der Waals surface area contributed by atoms with Gasteiger partial charge in [-0.3, -0.25) is 19.3 Å². The van der Waals surface area contributed by atoms with Gasteiger partial charge in [-0.1, -0.05) is 12.1 Å². The smallest absolute Gasteiger partial charge is 0.271 e. The Balaban J connectivity index is 2.39. The number of nitriles is 1. The van der Waals surface area contributed by atoms with Crippen molar-refractivity contribution in [3.05, 3.63) is 50.1 Å². The lowest BCUT2D eigenvalue weighted by Crippen LogP contribution is -2.33. The van der Waals surface area contributed by atoms with Crippen molar-refractivity contribution in [2.75, 3.05) is 20.0 Å². The number of benzene rings is 1. The molecule has 1 aromatic heterocycles. The van der Waals surface area contributed by atoms with E-state index in [0.29, 0.717) is 11.3 Å². The molecule has 10 nitrogen and oxygen atoms in total. The van der Waals surface area contributed by atoms with E-state index in [-0.39, 0.29) is 21.8 Å². The Labute approximate surface area is 170 Å². The second-order valence-electron chi connectivity index (χ2n) is 5.61. The van der Waals surface area contributed by atoms with Gasteiger partial charge in [0, 0.05) is 5.56 Å². The number of nitrogens with one attached hydrogen (secondary N) is 3. The summed E-state index contributed by atoms with van der Waals surface area (Å²) in [4.78, 5) is 28.6. The van der Waals surface area contributed by atoms with Crippen LogP contribution in [0.15, 0.2) is 23.0 Å². The SMILES string of the molecule is COc1cccc(C=Cc2[nH]c(=S)[nH]c(=O)c2C#N)c1OCC(=O)NS(C)(=O)=O. The number of hydrogen-bond acceptors (Lipinski definition) is 8. The first-order chi connectivity index (χ1) is 13.6. The molecule has 2 rings (SSSR count). The Morgan fingerprint density at radius 3 is 2.69 bits per heavy atom. The zero-order chi connectivity index (χ0) is 21.6. The van der Waals surface area contributed by atoms with Crippen molar-refractivity contribution in [2.45, 2.75) is 0 Å². The van der Waals surface area contributed by atoms with Gasteiger partial charge in [-0.2, -0.15) is 5.26 Å². The quantitative estimate of drug-likeness (QED) is 0.542. The molecule has 12 heteroatoms. The average Bonchev–Trinajstić information content (AvgIpc) is 2.63. The first-order valence-corrected chi connectivity index (χ1v) is 10.2. The molecule has 0 atom stereocenters. The van der Waals surface area contributed by atoms with E-state index in [4.69, 9.17) is 27.0 Å². The second kappa shape index (κ2) is 9.18. The van der Waals surface area contributed by atoms with Crippen LogP contribution < -0.4 is 19.8 Å². The zero-order valence-corrected chi connectivity index (χ0v) is 16.9. The highest BCUT2D eigenvalue weighted by Crippen LogP contribution is 2.32. The Hall–Kier alpha value is -3.43. The molecular formula is C17H16N4O6S2. The zero-order valence-electron chi connectivity index (χ0n) is 15.3. The number of aromatic amines is 2. The summed E-state index contributed by atoms with van der Waals surface area (Å²) in [5, 5.41) is 9.17. The van der Waals surface area contributed by atoms with Crippen molar-refractivity contribution in [3.8, 4) is 17.6 Å². The highest BCUT2D eigenvalue weighted by molar-refractivity contribution is 7.89. The van der Waals surface area contributed by atoms with Gasteiger partial charge >= 0.3 is 0 Å². The van der Waals surface area contributed by atoms with E-state index in [0.717, 1.165) is 6.26 Å². The monoisotopic (exact) mass is 436 g/mol. The molecule has 0 saturated heterocycles. The fourth-order valence-corrected chi connectivity index (χ4v) is 2.94. The molecule has 0 aliphatic rings. The molecule has 29 heavy (non-hydrogen) atoms. The maximum Gasteiger partial charge on any atom is 0.271 e. The summed E-state index contributed by atoms with van der Waals surface area (Å²) in [5.74, 6) is -0.408. The van der Waals surface area contributed by atoms with E-state index in [9.17, 15) is 18.0 Å². The van der Waals surface area contributed by atoms with E-state index in [1.807, 2.05) is 0 Å². The van der Waals surface area contributed by atoms with E-state index >= 15 is 0 Å². The number of hydrogen-bond donors (Lipinski definition) is 3. The summed E-state index contributed by atoms with van der Waals surface area (Å²) in [5.41, 5.74) is -0.159. The Bertz CT molecular complexity index is 1220. The Morgan fingerprint density at radius 2 is 2.07 bits per heavy atom. The van der Waals surface area contributed by atoms with Crippen LogP contribution in [0.2, 0.25) is 0 Å². The van der Waals surface area contributed by atoms with Crippen LogP contribution in [0.1, 0.15) is 16.8 Å². The fourth-order valence-electron chi connectivity index (χ4n) is 2.27. The number of methoxy groups -OCH3 is 1. The highest BCUT2D eigenvalue weighted by atomic mass is 32.2. The average molecular weight is 436 g/mol. The molecule has 1 amide bonds. The standard InChI is InChI=1S/C17H16N4O6S2/c1-26-13-5-3-4-10(15(13)27-9-14(22)21-29(2,24)25)6-7-12-11(8-18)16(23)20-17(28)19-12/h3-7H,9H2,1-2H3,(H,21,22)(H2,19,20,23,28). The molecule has 3 N–H and O–H groups in total. The number of carbonyl (C=O) groups excluding carboxylic acids is 1. The van der Waals surface area contributed by atoms with E-state index in [1.165, 1.54) is 19.3 Å². The van der Waals surface area contributed by atoms with E-state index in [1.54, 1.807) is 29.0 Å². The highest BCUT2D eigenvalue weighted by Gasteiger charge is 2.14. The van der Waals surface area contributed by atoms with Crippen molar-refractivity contribution in [3.63, 3.8) is 0 Å². The lowest BCUT2D eigenvalue weighted by Gasteiger charge is -2.13. The van der Waals surface area contributed by atoms with Crippen LogP contribution in [-0.4, -0.2) is 44.3 Å². The third-order valence-corrected chi connectivity index (χ3v) is 4.19. The van der Waals surface area contributed by atoms with Gasteiger partial charge < -0.3 is 14.5 Å². The third kappa shape index (κ3) is 6.03. The van der Waals surface area contributed by atoms with Gasteiger partial charge in [0.25, 0.3) is 11.5 Å². The number of H-pyrrole nitrogens is 2. The van der Waals surface area contributed by atoms with Crippen molar-refractivity contribution < 1.29 is 22.7 Å². The predicted molar refractivity (Wildman–Crippen MR) is 107 cm³/mol. The molecule has 1 aromatic carbocycles. The van der Waals surface area contributed by atoms with E-state index < -0.39 is 28.1 Å². The van der Waals surface area contributed by atoms with Gasteiger partial charge in [0.2, 0.25) is 10.0 Å². The van der Waals surface area contributed by atoms with Crippen LogP contribution in [0.3, 0.4) is 0 Å². The first-order valence-electron chi connectivity index (χ1n) is 7.90.